The summed E-state index contributed by atoms with van der Waals surface area (Å²) in [5, 5.41) is 3.49. The fourth-order valence-corrected chi connectivity index (χ4v) is 6.91. The van der Waals surface area contributed by atoms with Gasteiger partial charge < -0.3 is 10.1 Å². The number of ether oxygens (including phenoxy) is 1. The highest BCUT2D eigenvalue weighted by Gasteiger charge is 2.34. The van der Waals surface area contributed by atoms with Crippen molar-refractivity contribution in [3.05, 3.63) is 0 Å². The summed E-state index contributed by atoms with van der Waals surface area (Å²) in [5.74, 6) is 2.97. The maximum absolute atomic E-state index is 12.1. The van der Waals surface area contributed by atoms with Crippen LogP contribution in [0.15, 0.2) is 0 Å². The monoisotopic (exact) mass is 386 g/mol. The second kappa shape index (κ2) is 9.85. The molecule has 0 spiro atoms. The average Bonchev–Trinajstić information content (AvgIpc) is 3.11. The summed E-state index contributed by atoms with van der Waals surface area (Å²) >= 11 is 0. The SMILES string of the molecule is CCCS(=O)(=O)N1CCC(OCC[C@@H]2CCC[C@H]2C2CCNCC2)CC1. The van der Waals surface area contributed by atoms with E-state index in [2.05, 4.69) is 5.32 Å². The molecule has 6 heteroatoms. The van der Waals surface area contributed by atoms with E-state index in [1.807, 2.05) is 6.92 Å². The molecule has 3 fully saturated rings. The molecule has 2 saturated heterocycles. The third-order valence-corrected chi connectivity index (χ3v) is 8.88. The normalized spacial score (nSPS) is 30.0. The van der Waals surface area contributed by atoms with Crippen molar-refractivity contribution in [3.63, 3.8) is 0 Å². The Balaban J connectivity index is 1.36. The molecular weight excluding hydrogens is 348 g/mol. The highest BCUT2D eigenvalue weighted by molar-refractivity contribution is 7.89. The number of sulfonamides is 1. The van der Waals surface area contributed by atoms with Crippen molar-refractivity contribution >= 4 is 10.0 Å². The molecule has 0 aromatic heterocycles. The zero-order valence-electron chi connectivity index (χ0n) is 16.5. The van der Waals surface area contributed by atoms with Crippen LogP contribution in [0, 0.1) is 17.8 Å². The van der Waals surface area contributed by atoms with Crippen molar-refractivity contribution < 1.29 is 13.2 Å². The fourth-order valence-electron chi connectivity index (χ4n) is 5.37. The van der Waals surface area contributed by atoms with Gasteiger partial charge in [-0.2, -0.15) is 0 Å². The first-order chi connectivity index (χ1) is 12.6. The van der Waals surface area contributed by atoms with Crippen LogP contribution in [0.1, 0.15) is 64.7 Å². The average molecular weight is 387 g/mol. The van der Waals surface area contributed by atoms with Gasteiger partial charge in [0.2, 0.25) is 10.0 Å². The number of piperidine rings is 2. The summed E-state index contributed by atoms with van der Waals surface area (Å²) in [6.07, 6.45) is 10.8. The largest absolute Gasteiger partial charge is 0.378 e. The van der Waals surface area contributed by atoms with Gasteiger partial charge in [0.25, 0.3) is 0 Å². The van der Waals surface area contributed by atoms with Gasteiger partial charge in [-0.25, -0.2) is 12.7 Å². The highest BCUT2D eigenvalue weighted by atomic mass is 32.2. The molecule has 5 nitrogen and oxygen atoms in total. The van der Waals surface area contributed by atoms with E-state index in [0.717, 1.165) is 37.2 Å². The molecule has 0 unspecified atom stereocenters. The summed E-state index contributed by atoms with van der Waals surface area (Å²) in [7, 11) is -3.04. The predicted molar refractivity (Wildman–Crippen MR) is 106 cm³/mol. The van der Waals surface area contributed by atoms with Gasteiger partial charge >= 0.3 is 0 Å². The molecule has 3 rings (SSSR count). The lowest BCUT2D eigenvalue weighted by Gasteiger charge is -2.33. The van der Waals surface area contributed by atoms with E-state index in [0.29, 0.717) is 19.5 Å². The van der Waals surface area contributed by atoms with E-state index in [1.54, 1.807) is 4.31 Å². The number of hydrogen-bond donors (Lipinski definition) is 1. The van der Waals surface area contributed by atoms with Crippen molar-refractivity contribution in [3.8, 4) is 0 Å². The molecule has 1 N–H and O–H groups in total. The zero-order chi connectivity index (χ0) is 18.4. The summed E-state index contributed by atoms with van der Waals surface area (Å²) in [5.41, 5.74) is 0. The Bertz CT molecular complexity index is 511. The van der Waals surface area contributed by atoms with Crippen LogP contribution in [0.3, 0.4) is 0 Å². The minimum absolute atomic E-state index is 0.252. The summed E-state index contributed by atoms with van der Waals surface area (Å²) in [4.78, 5) is 0. The van der Waals surface area contributed by atoms with Gasteiger partial charge in [0.05, 0.1) is 11.9 Å². The first kappa shape index (κ1) is 20.6. The van der Waals surface area contributed by atoms with E-state index in [1.165, 1.54) is 51.6 Å². The van der Waals surface area contributed by atoms with E-state index in [9.17, 15) is 8.42 Å². The lowest BCUT2D eigenvalue weighted by atomic mass is 9.78. The molecule has 2 aliphatic heterocycles. The minimum Gasteiger partial charge on any atom is -0.378 e. The molecule has 26 heavy (non-hydrogen) atoms. The number of nitrogens with one attached hydrogen (secondary N) is 1. The number of rotatable bonds is 8. The number of nitrogens with zero attached hydrogens (tertiary/aromatic N) is 1. The van der Waals surface area contributed by atoms with Crippen LogP contribution in [-0.2, 0) is 14.8 Å². The molecule has 3 aliphatic rings. The molecule has 0 aromatic carbocycles. The van der Waals surface area contributed by atoms with E-state index >= 15 is 0 Å². The van der Waals surface area contributed by atoms with E-state index in [-0.39, 0.29) is 11.9 Å². The van der Waals surface area contributed by atoms with E-state index < -0.39 is 10.0 Å². The second-order valence-electron chi connectivity index (χ2n) is 8.52. The molecule has 2 atom stereocenters. The first-order valence-electron chi connectivity index (χ1n) is 10.9. The van der Waals surface area contributed by atoms with Crippen molar-refractivity contribution in [2.24, 2.45) is 17.8 Å². The summed E-state index contributed by atoms with van der Waals surface area (Å²) in [6, 6.07) is 0. The maximum Gasteiger partial charge on any atom is 0.214 e. The van der Waals surface area contributed by atoms with Crippen LogP contribution in [0.25, 0.3) is 0 Å². The Hall–Kier alpha value is -0.170. The third kappa shape index (κ3) is 5.43. The Morgan fingerprint density at radius 1 is 1.04 bits per heavy atom. The van der Waals surface area contributed by atoms with Gasteiger partial charge in [-0.1, -0.05) is 19.8 Å². The fraction of sp³-hybridized carbons (Fsp3) is 1.00. The van der Waals surface area contributed by atoms with Crippen LogP contribution in [0.2, 0.25) is 0 Å². The first-order valence-corrected chi connectivity index (χ1v) is 12.5. The summed E-state index contributed by atoms with van der Waals surface area (Å²) in [6.45, 7) is 6.45. The molecule has 1 aliphatic carbocycles. The molecular formula is C20H38N2O3S. The molecule has 0 bridgehead atoms. The Morgan fingerprint density at radius 2 is 1.77 bits per heavy atom. The lowest BCUT2D eigenvalue weighted by molar-refractivity contribution is 0.0104. The van der Waals surface area contributed by atoms with Crippen molar-refractivity contribution in [1.29, 1.82) is 0 Å². The van der Waals surface area contributed by atoms with E-state index in [4.69, 9.17) is 4.74 Å². The maximum atomic E-state index is 12.1. The van der Waals surface area contributed by atoms with Gasteiger partial charge in [-0.15, -0.1) is 0 Å². The Morgan fingerprint density at radius 3 is 2.46 bits per heavy atom. The molecule has 152 valence electrons. The van der Waals surface area contributed by atoms with Crippen LogP contribution in [0.4, 0.5) is 0 Å². The van der Waals surface area contributed by atoms with Gasteiger partial charge in [-0.3, -0.25) is 0 Å². The van der Waals surface area contributed by atoms with Crippen LogP contribution >= 0.6 is 0 Å². The molecule has 2 heterocycles. The molecule has 0 amide bonds. The van der Waals surface area contributed by atoms with Crippen LogP contribution < -0.4 is 5.32 Å². The topological polar surface area (TPSA) is 58.6 Å². The van der Waals surface area contributed by atoms with Crippen molar-refractivity contribution in [1.82, 2.24) is 9.62 Å². The second-order valence-corrected chi connectivity index (χ2v) is 10.6. The Labute approximate surface area is 160 Å². The van der Waals surface area contributed by atoms with Gasteiger partial charge in [0, 0.05) is 19.7 Å². The Kier molecular flexibility index (Phi) is 7.79. The van der Waals surface area contributed by atoms with Gasteiger partial charge in [-0.05, 0) is 75.8 Å². The van der Waals surface area contributed by atoms with Gasteiger partial charge in [0.1, 0.15) is 0 Å². The smallest absolute Gasteiger partial charge is 0.214 e. The number of hydrogen-bond acceptors (Lipinski definition) is 4. The molecule has 1 saturated carbocycles. The predicted octanol–water partition coefficient (Wildman–Crippen LogP) is 3.01. The lowest BCUT2D eigenvalue weighted by Crippen LogP contribution is -2.42. The summed E-state index contributed by atoms with van der Waals surface area (Å²) < 4.78 is 32.1. The highest BCUT2D eigenvalue weighted by Crippen LogP contribution is 2.42. The van der Waals surface area contributed by atoms with Gasteiger partial charge in [0.15, 0.2) is 0 Å². The molecule has 0 radical (unpaired) electrons. The molecule has 0 aromatic rings. The van der Waals surface area contributed by atoms with Crippen LogP contribution in [-0.4, -0.2) is 57.4 Å². The van der Waals surface area contributed by atoms with Crippen molar-refractivity contribution in [2.45, 2.75) is 70.8 Å². The van der Waals surface area contributed by atoms with Crippen LogP contribution in [0.5, 0.6) is 0 Å². The standard InChI is InChI=1S/C20H38N2O3S/c1-2-16-26(23,24)22-13-8-19(9-14-22)25-15-10-17-4-3-5-20(17)18-6-11-21-12-7-18/h17-21H,2-16H2,1H3/t17-,20+/m0/s1. The minimum atomic E-state index is -3.04. The quantitative estimate of drug-likeness (QED) is 0.697. The van der Waals surface area contributed by atoms with Crippen molar-refractivity contribution in [2.75, 3.05) is 38.5 Å². The third-order valence-electron chi connectivity index (χ3n) is 6.81. The zero-order valence-corrected chi connectivity index (χ0v) is 17.3.